The molecule has 0 amide bonds. The molecule has 0 saturated heterocycles. The van der Waals surface area contributed by atoms with E-state index < -0.39 is 28.4 Å². The smallest absolute Gasteiger partial charge is 0.450 e. The van der Waals surface area contributed by atoms with Crippen LogP contribution in [0, 0.1) is 15.9 Å². The lowest BCUT2D eigenvalue weighted by atomic mass is 10.0. The monoisotopic (exact) mass is 355 g/mol. The van der Waals surface area contributed by atoms with E-state index in [1.54, 1.807) is 30.3 Å². The zero-order chi connectivity index (χ0) is 18.3. The lowest BCUT2D eigenvalue weighted by molar-refractivity contribution is -0.387. The number of hydrogen-bond donors (Lipinski definition) is 1. The quantitative estimate of drug-likeness (QED) is 0.387. The van der Waals surface area contributed by atoms with Gasteiger partial charge in [-0.15, -0.1) is 0 Å². The van der Waals surface area contributed by atoms with Gasteiger partial charge in [0, 0.05) is 23.3 Å². The molecule has 0 bridgehead atoms. The summed E-state index contributed by atoms with van der Waals surface area (Å²) in [6.45, 7) is 0. The molecule has 2 aromatic carbocycles. The molecule has 0 radical (unpaired) electrons. The summed E-state index contributed by atoms with van der Waals surface area (Å²) in [5.74, 6) is -1.56. The number of carboxylic acid groups (broad SMARTS) is 1. The highest BCUT2D eigenvalue weighted by Crippen LogP contribution is 2.27. The van der Waals surface area contributed by atoms with Gasteiger partial charge in [-0.05, 0) is 0 Å². The topological polar surface area (TPSA) is 107 Å². The van der Waals surface area contributed by atoms with E-state index in [1.165, 1.54) is 0 Å². The predicted molar refractivity (Wildman–Crippen MR) is 83.0 cm³/mol. The molecule has 126 valence electrons. The van der Waals surface area contributed by atoms with Crippen LogP contribution in [0.4, 0.5) is 14.9 Å². The summed E-state index contributed by atoms with van der Waals surface area (Å²) in [5.41, 5.74) is -0.546. The molecule has 0 unspecified atom stereocenters. The summed E-state index contributed by atoms with van der Waals surface area (Å²) in [6, 6.07) is 9.76. The molecule has 0 fully saturated rings. The second-order valence-electron chi connectivity index (χ2n) is 4.21. The molecule has 0 atom stereocenters. The van der Waals surface area contributed by atoms with Crippen LogP contribution < -0.4 is 0 Å². The fraction of sp³-hybridized carbons (Fsp3) is 0.0667. The number of carbonyl (C=O) groups excluding carboxylic acids is 1. The van der Waals surface area contributed by atoms with E-state index in [2.05, 4.69) is 4.74 Å². The molecular formula is C15H11ClFNO6. The van der Waals surface area contributed by atoms with Crippen LogP contribution in [0.2, 0.25) is 5.02 Å². The van der Waals surface area contributed by atoms with Gasteiger partial charge in [0.1, 0.15) is 0 Å². The number of benzene rings is 2. The number of carbonyl (C=O) groups is 2. The normalized spacial score (nSPS) is 9.46. The van der Waals surface area contributed by atoms with Gasteiger partial charge in [0.15, 0.2) is 5.78 Å². The van der Waals surface area contributed by atoms with Crippen LogP contribution in [-0.4, -0.2) is 29.1 Å². The van der Waals surface area contributed by atoms with Crippen molar-refractivity contribution < 1.29 is 28.7 Å². The summed E-state index contributed by atoms with van der Waals surface area (Å²) in [6.07, 6.45) is -1.25. The van der Waals surface area contributed by atoms with Crippen molar-refractivity contribution in [2.45, 2.75) is 0 Å². The Morgan fingerprint density at radius 2 is 1.79 bits per heavy atom. The fourth-order valence-electron chi connectivity index (χ4n) is 1.60. The maximum Gasteiger partial charge on any atom is 0.505 e. The SMILES string of the molecule is COC(=O)O.O=C(c1ccccc1)c1cc([N+](=O)[O-])c(F)cc1Cl. The highest BCUT2D eigenvalue weighted by molar-refractivity contribution is 6.35. The molecule has 2 rings (SSSR count). The molecule has 0 saturated carbocycles. The average Bonchev–Trinajstić information content (AvgIpc) is 2.55. The van der Waals surface area contributed by atoms with E-state index in [-0.39, 0.29) is 10.6 Å². The number of nitrogens with zero attached hydrogens (tertiary/aromatic N) is 1. The van der Waals surface area contributed by atoms with E-state index >= 15 is 0 Å². The fourth-order valence-corrected chi connectivity index (χ4v) is 1.83. The molecule has 0 aliphatic rings. The van der Waals surface area contributed by atoms with Crippen molar-refractivity contribution in [3.8, 4) is 0 Å². The van der Waals surface area contributed by atoms with Crippen LogP contribution in [-0.2, 0) is 4.74 Å². The zero-order valence-electron chi connectivity index (χ0n) is 12.2. The lowest BCUT2D eigenvalue weighted by Gasteiger charge is -2.04. The number of halogens is 2. The zero-order valence-corrected chi connectivity index (χ0v) is 13.0. The minimum Gasteiger partial charge on any atom is -0.450 e. The molecule has 1 N–H and O–H groups in total. The first kappa shape index (κ1) is 19.0. The Morgan fingerprint density at radius 1 is 1.25 bits per heavy atom. The highest BCUT2D eigenvalue weighted by atomic mass is 35.5. The van der Waals surface area contributed by atoms with Crippen molar-refractivity contribution in [1.29, 1.82) is 0 Å². The molecule has 0 aliphatic heterocycles. The molecule has 7 nitrogen and oxygen atoms in total. The molecule has 2 aromatic rings. The van der Waals surface area contributed by atoms with Crippen LogP contribution in [0.3, 0.4) is 0 Å². The molecule has 24 heavy (non-hydrogen) atoms. The highest BCUT2D eigenvalue weighted by Gasteiger charge is 2.21. The minimum absolute atomic E-state index is 0.0963. The van der Waals surface area contributed by atoms with Crippen molar-refractivity contribution in [3.05, 3.63) is 74.5 Å². The van der Waals surface area contributed by atoms with E-state index in [0.29, 0.717) is 5.56 Å². The van der Waals surface area contributed by atoms with Crippen molar-refractivity contribution in [3.63, 3.8) is 0 Å². The van der Waals surface area contributed by atoms with Crippen LogP contribution >= 0.6 is 11.6 Å². The van der Waals surface area contributed by atoms with Crippen LogP contribution in [0.5, 0.6) is 0 Å². The van der Waals surface area contributed by atoms with Gasteiger partial charge >= 0.3 is 11.8 Å². The first-order valence-electron chi connectivity index (χ1n) is 6.28. The van der Waals surface area contributed by atoms with Gasteiger partial charge < -0.3 is 9.84 Å². The van der Waals surface area contributed by atoms with Gasteiger partial charge in [-0.1, -0.05) is 41.9 Å². The van der Waals surface area contributed by atoms with Crippen LogP contribution in [0.15, 0.2) is 42.5 Å². The Labute approximate surface area is 140 Å². The third-order valence-corrected chi connectivity index (χ3v) is 3.00. The van der Waals surface area contributed by atoms with Gasteiger partial charge in [-0.25, -0.2) is 4.79 Å². The molecule has 0 heterocycles. The number of nitro groups is 1. The number of rotatable bonds is 3. The van der Waals surface area contributed by atoms with Crippen LogP contribution in [0.25, 0.3) is 0 Å². The van der Waals surface area contributed by atoms with Crippen molar-refractivity contribution >= 4 is 29.2 Å². The number of ketones is 1. The molecular weight excluding hydrogens is 345 g/mol. The van der Waals surface area contributed by atoms with Crippen LogP contribution in [0.1, 0.15) is 15.9 Å². The van der Waals surface area contributed by atoms with Gasteiger partial charge in [-0.2, -0.15) is 4.39 Å². The summed E-state index contributed by atoms with van der Waals surface area (Å²) in [4.78, 5) is 31.0. The first-order chi connectivity index (χ1) is 11.3. The van der Waals surface area contributed by atoms with Gasteiger partial charge in [-0.3, -0.25) is 14.9 Å². The summed E-state index contributed by atoms with van der Waals surface area (Å²) >= 11 is 5.77. The van der Waals surface area contributed by atoms with Gasteiger partial charge in [0.2, 0.25) is 5.82 Å². The summed E-state index contributed by atoms with van der Waals surface area (Å²) < 4.78 is 17.0. The Kier molecular flexibility index (Phi) is 6.81. The van der Waals surface area contributed by atoms with Crippen molar-refractivity contribution in [2.24, 2.45) is 0 Å². The van der Waals surface area contributed by atoms with E-state index in [0.717, 1.165) is 19.2 Å². The second-order valence-corrected chi connectivity index (χ2v) is 4.61. The van der Waals surface area contributed by atoms with Crippen molar-refractivity contribution in [2.75, 3.05) is 7.11 Å². The number of methoxy groups -OCH3 is 1. The summed E-state index contributed by atoms with van der Waals surface area (Å²) in [7, 11) is 1.10. The van der Waals surface area contributed by atoms with E-state index in [9.17, 15) is 19.3 Å². The maximum absolute atomic E-state index is 13.3. The third kappa shape index (κ3) is 5.03. The maximum atomic E-state index is 13.3. The average molecular weight is 356 g/mol. The Morgan fingerprint density at radius 3 is 2.25 bits per heavy atom. The largest absolute Gasteiger partial charge is 0.505 e. The number of ether oxygens (including phenoxy) is 1. The van der Waals surface area contributed by atoms with E-state index in [1.807, 2.05) is 0 Å². The van der Waals surface area contributed by atoms with Gasteiger partial charge in [0.05, 0.1) is 17.1 Å². The molecule has 0 aliphatic carbocycles. The van der Waals surface area contributed by atoms with E-state index in [4.69, 9.17) is 21.5 Å². The van der Waals surface area contributed by atoms with Gasteiger partial charge in [0.25, 0.3) is 0 Å². The molecule has 0 spiro atoms. The molecule has 0 aromatic heterocycles. The number of nitro benzene ring substituents is 1. The minimum atomic E-state index is -1.25. The summed E-state index contributed by atoms with van der Waals surface area (Å²) in [5, 5.41) is 18.0. The molecule has 9 heteroatoms. The Bertz CT molecular complexity index is 766. The lowest BCUT2D eigenvalue weighted by Crippen LogP contribution is -2.04. The predicted octanol–water partition coefficient (Wildman–Crippen LogP) is 3.93. The number of hydrogen-bond acceptors (Lipinski definition) is 5. The Balaban J connectivity index is 0.000000505. The Hall–Kier alpha value is -3.00. The first-order valence-corrected chi connectivity index (χ1v) is 6.65. The standard InChI is InChI=1S/C13H7ClFNO3.C2H4O3/c14-10-7-11(15)12(16(18)19)6-9(10)13(17)8-4-2-1-3-5-8;1-5-2(3)4/h1-7H;1H3,(H,3,4). The second kappa shape index (κ2) is 8.59. The third-order valence-electron chi connectivity index (χ3n) is 2.69. The van der Waals surface area contributed by atoms with Crippen molar-refractivity contribution in [1.82, 2.24) is 0 Å².